The number of hydrogen-bond donors (Lipinski definition) is 2. The number of nitrogens with zero attached hydrogens (tertiary/aromatic N) is 1. The van der Waals surface area contributed by atoms with E-state index in [2.05, 4.69) is 29.5 Å². The number of carbonyl (C=O) groups is 1. The molecule has 1 heterocycles. The average molecular weight is 304 g/mol. The van der Waals surface area contributed by atoms with Gasteiger partial charge in [0.25, 0.3) is 5.91 Å². The largest absolute Gasteiger partial charge is 0.368 e. The van der Waals surface area contributed by atoms with Gasteiger partial charge < -0.3 is 10.6 Å². The Hall–Kier alpha value is -2.07. The molecule has 1 aromatic heterocycles. The maximum absolute atomic E-state index is 12.0. The molecular formula is C16H18ClN3O. The van der Waals surface area contributed by atoms with E-state index in [0.717, 1.165) is 12.2 Å². The number of hydrogen-bond acceptors (Lipinski definition) is 3. The molecule has 0 saturated heterocycles. The third-order valence-corrected chi connectivity index (χ3v) is 3.39. The highest BCUT2D eigenvalue weighted by molar-refractivity contribution is 6.30. The predicted octanol–water partition coefficient (Wildman–Crippen LogP) is 4.20. The van der Waals surface area contributed by atoms with Crippen LogP contribution in [0.15, 0.2) is 42.6 Å². The Balaban J connectivity index is 1.99. The van der Waals surface area contributed by atoms with Crippen molar-refractivity contribution < 1.29 is 4.79 Å². The van der Waals surface area contributed by atoms with E-state index in [1.165, 1.54) is 0 Å². The zero-order valence-corrected chi connectivity index (χ0v) is 12.8. The van der Waals surface area contributed by atoms with E-state index < -0.39 is 0 Å². The molecule has 2 aromatic rings. The minimum Gasteiger partial charge on any atom is -0.368 e. The van der Waals surface area contributed by atoms with Crippen LogP contribution in [0.3, 0.4) is 0 Å². The Morgan fingerprint density at radius 3 is 2.52 bits per heavy atom. The first-order valence-corrected chi connectivity index (χ1v) is 7.25. The van der Waals surface area contributed by atoms with Gasteiger partial charge >= 0.3 is 0 Å². The number of rotatable bonds is 5. The van der Waals surface area contributed by atoms with Crippen molar-refractivity contribution >= 4 is 29.0 Å². The van der Waals surface area contributed by atoms with Crippen LogP contribution in [-0.4, -0.2) is 16.9 Å². The molecule has 1 amide bonds. The van der Waals surface area contributed by atoms with Gasteiger partial charge in [0.2, 0.25) is 0 Å². The molecule has 1 unspecified atom stereocenters. The summed E-state index contributed by atoms with van der Waals surface area (Å²) in [6, 6.07) is 10.8. The number of anilines is 2. The monoisotopic (exact) mass is 303 g/mol. The molecule has 1 aromatic carbocycles. The quantitative estimate of drug-likeness (QED) is 0.870. The van der Waals surface area contributed by atoms with Crippen molar-refractivity contribution in [2.75, 3.05) is 10.6 Å². The number of aromatic nitrogens is 1. The fourth-order valence-electron chi connectivity index (χ4n) is 1.71. The van der Waals surface area contributed by atoms with Crippen LogP contribution in [0.5, 0.6) is 0 Å². The highest BCUT2D eigenvalue weighted by atomic mass is 35.5. The van der Waals surface area contributed by atoms with Crippen molar-refractivity contribution in [1.82, 2.24) is 4.98 Å². The van der Waals surface area contributed by atoms with Crippen molar-refractivity contribution in [3.63, 3.8) is 0 Å². The van der Waals surface area contributed by atoms with E-state index in [1.807, 2.05) is 12.1 Å². The van der Waals surface area contributed by atoms with Gasteiger partial charge in [-0.25, -0.2) is 4.98 Å². The van der Waals surface area contributed by atoms with Gasteiger partial charge in [0.15, 0.2) is 0 Å². The fraction of sp³-hybridized carbons (Fsp3) is 0.250. The van der Waals surface area contributed by atoms with E-state index in [9.17, 15) is 4.79 Å². The summed E-state index contributed by atoms with van der Waals surface area (Å²) in [5, 5.41) is 6.68. The minimum absolute atomic E-state index is 0.184. The van der Waals surface area contributed by atoms with Crippen LogP contribution in [0.4, 0.5) is 11.5 Å². The minimum atomic E-state index is -0.184. The Labute approximate surface area is 129 Å². The summed E-state index contributed by atoms with van der Waals surface area (Å²) in [7, 11) is 0. The van der Waals surface area contributed by atoms with Gasteiger partial charge in [-0.1, -0.05) is 18.5 Å². The molecule has 0 aliphatic heterocycles. The number of amides is 1. The highest BCUT2D eigenvalue weighted by Gasteiger charge is 2.06. The van der Waals surface area contributed by atoms with Crippen LogP contribution < -0.4 is 10.6 Å². The maximum Gasteiger partial charge on any atom is 0.255 e. The number of nitrogens with one attached hydrogen (secondary N) is 2. The molecular weight excluding hydrogens is 286 g/mol. The van der Waals surface area contributed by atoms with Crippen LogP contribution >= 0.6 is 11.6 Å². The van der Waals surface area contributed by atoms with Crippen LogP contribution in [0.2, 0.25) is 5.02 Å². The number of halogens is 1. The van der Waals surface area contributed by atoms with Crippen molar-refractivity contribution in [1.29, 1.82) is 0 Å². The zero-order valence-electron chi connectivity index (χ0n) is 12.1. The van der Waals surface area contributed by atoms with E-state index in [-0.39, 0.29) is 5.91 Å². The summed E-state index contributed by atoms with van der Waals surface area (Å²) in [4.78, 5) is 16.3. The lowest BCUT2D eigenvalue weighted by Gasteiger charge is -2.12. The lowest BCUT2D eigenvalue weighted by atomic mass is 10.2. The predicted molar refractivity (Wildman–Crippen MR) is 87.0 cm³/mol. The Bertz CT molecular complexity index is 596. The molecule has 0 fully saturated rings. The van der Waals surface area contributed by atoms with Crippen molar-refractivity contribution in [2.45, 2.75) is 26.3 Å². The Kier molecular flexibility index (Phi) is 5.17. The van der Waals surface area contributed by atoms with Crippen LogP contribution in [-0.2, 0) is 0 Å². The molecule has 0 aliphatic carbocycles. The summed E-state index contributed by atoms with van der Waals surface area (Å²) in [5.74, 6) is 0.616. The van der Waals surface area contributed by atoms with Gasteiger partial charge in [-0.2, -0.15) is 0 Å². The first kappa shape index (κ1) is 15.3. The van der Waals surface area contributed by atoms with E-state index in [0.29, 0.717) is 22.3 Å². The molecule has 4 nitrogen and oxygen atoms in total. The van der Waals surface area contributed by atoms with Crippen LogP contribution in [0, 0.1) is 0 Å². The van der Waals surface area contributed by atoms with Gasteiger partial charge in [0, 0.05) is 16.6 Å². The molecule has 0 spiro atoms. The highest BCUT2D eigenvalue weighted by Crippen LogP contribution is 2.14. The second kappa shape index (κ2) is 7.09. The molecule has 0 aliphatic rings. The zero-order chi connectivity index (χ0) is 15.2. The number of carbonyl (C=O) groups excluding carboxylic acids is 1. The van der Waals surface area contributed by atoms with Gasteiger partial charge in [-0.05, 0) is 49.7 Å². The summed E-state index contributed by atoms with van der Waals surface area (Å²) in [6.45, 7) is 4.20. The van der Waals surface area contributed by atoms with Gasteiger partial charge in [0.05, 0.1) is 11.9 Å². The van der Waals surface area contributed by atoms with Gasteiger partial charge in [0.1, 0.15) is 5.82 Å². The van der Waals surface area contributed by atoms with Crippen molar-refractivity contribution in [3.8, 4) is 0 Å². The second-order valence-corrected chi connectivity index (χ2v) is 5.28. The Morgan fingerprint density at radius 1 is 1.24 bits per heavy atom. The SMILES string of the molecule is CCC(C)Nc1ccc(NC(=O)c2ccc(Cl)cc2)cn1. The van der Waals surface area contributed by atoms with Crippen LogP contribution in [0.1, 0.15) is 30.6 Å². The third-order valence-electron chi connectivity index (χ3n) is 3.13. The molecule has 0 saturated carbocycles. The number of benzene rings is 1. The molecule has 21 heavy (non-hydrogen) atoms. The number of pyridine rings is 1. The standard InChI is InChI=1S/C16H18ClN3O/c1-3-11(2)19-15-9-8-14(10-18-15)20-16(21)12-4-6-13(17)7-5-12/h4-11H,3H2,1-2H3,(H,18,19)(H,20,21). The average Bonchev–Trinajstić information content (AvgIpc) is 2.49. The molecule has 1 atom stereocenters. The fourth-order valence-corrected chi connectivity index (χ4v) is 1.84. The van der Waals surface area contributed by atoms with Gasteiger partial charge in [-0.15, -0.1) is 0 Å². The summed E-state index contributed by atoms with van der Waals surface area (Å²) in [6.07, 6.45) is 2.66. The first-order chi connectivity index (χ1) is 10.1. The second-order valence-electron chi connectivity index (χ2n) is 4.85. The topological polar surface area (TPSA) is 54.0 Å². The summed E-state index contributed by atoms with van der Waals surface area (Å²) in [5.41, 5.74) is 1.21. The molecule has 110 valence electrons. The molecule has 2 N–H and O–H groups in total. The molecule has 0 radical (unpaired) electrons. The summed E-state index contributed by atoms with van der Waals surface area (Å²) >= 11 is 5.80. The van der Waals surface area contributed by atoms with E-state index in [1.54, 1.807) is 30.5 Å². The van der Waals surface area contributed by atoms with Crippen molar-refractivity contribution in [3.05, 3.63) is 53.2 Å². The first-order valence-electron chi connectivity index (χ1n) is 6.88. The van der Waals surface area contributed by atoms with Crippen LogP contribution in [0.25, 0.3) is 0 Å². The van der Waals surface area contributed by atoms with E-state index in [4.69, 9.17) is 11.6 Å². The normalized spacial score (nSPS) is 11.8. The molecule has 5 heteroatoms. The van der Waals surface area contributed by atoms with Crippen molar-refractivity contribution in [2.24, 2.45) is 0 Å². The van der Waals surface area contributed by atoms with E-state index >= 15 is 0 Å². The summed E-state index contributed by atoms with van der Waals surface area (Å²) < 4.78 is 0. The maximum atomic E-state index is 12.0. The molecule has 2 rings (SSSR count). The Morgan fingerprint density at radius 2 is 1.95 bits per heavy atom. The molecule has 0 bridgehead atoms. The lowest BCUT2D eigenvalue weighted by molar-refractivity contribution is 0.102. The lowest BCUT2D eigenvalue weighted by Crippen LogP contribution is -2.15. The smallest absolute Gasteiger partial charge is 0.255 e. The third kappa shape index (κ3) is 4.46. The van der Waals surface area contributed by atoms with Gasteiger partial charge in [-0.3, -0.25) is 4.79 Å².